The SMILES string of the molecule is C#CC(=O)N(CC(O)[C@H](CC(C)C)NC(=O)OC(C)(C)C)C[C@@H]1CCNC1=O. The topological polar surface area (TPSA) is 108 Å². The predicted octanol–water partition coefficient (Wildman–Crippen LogP) is 0.885. The van der Waals surface area contributed by atoms with Crippen LogP contribution in [0.5, 0.6) is 0 Å². The molecule has 1 unspecified atom stereocenters. The van der Waals surface area contributed by atoms with Crippen LogP contribution in [0.4, 0.5) is 4.79 Å². The van der Waals surface area contributed by atoms with Gasteiger partial charge in [0.25, 0.3) is 5.91 Å². The van der Waals surface area contributed by atoms with Crippen molar-refractivity contribution in [2.45, 2.75) is 65.2 Å². The van der Waals surface area contributed by atoms with Gasteiger partial charge in [-0.25, -0.2) is 4.79 Å². The summed E-state index contributed by atoms with van der Waals surface area (Å²) < 4.78 is 5.27. The molecule has 1 rings (SSSR count). The Bertz CT molecular complexity index is 606. The average Bonchev–Trinajstić information content (AvgIpc) is 2.95. The smallest absolute Gasteiger partial charge is 0.407 e. The lowest BCUT2D eigenvalue weighted by molar-refractivity contribution is -0.129. The summed E-state index contributed by atoms with van der Waals surface area (Å²) in [6.45, 7) is 9.78. The Morgan fingerprint density at radius 3 is 2.54 bits per heavy atom. The normalized spacial score (nSPS) is 18.8. The van der Waals surface area contributed by atoms with Crippen LogP contribution in [0.15, 0.2) is 0 Å². The Kier molecular flexibility index (Phi) is 8.76. The molecular weight excluding hydrogens is 362 g/mol. The van der Waals surface area contributed by atoms with Crippen molar-refractivity contribution in [3.8, 4) is 12.3 Å². The van der Waals surface area contributed by atoms with E-state index in [0.717, 1.165) is 0 Å². The molecule has 3 atom stereocenters. The molecule has 28 heavy (non-hydrogen) atoms. The van der Waals surface area contributed by atoms with Crippen molar-refractivity contribution in [1.82, 2.24) is 15.5 Å². The number of aliphatic hydroxyl groups is 1. The van der Waals surface area contributed by atoms with Crippen molar-refractivity contribution >= 4 is 17.9 Å². The van der Waals surface area contributed by atoms with Gasteiger partial charge < -0.3 is 25.4 Å². The molecule has 0 saturated carbocycles. The van der Waals surface area contributed by atoms with Crippen molar-refractivity contribution in [2.24, 2.45) is 11.8 Å². The predicted molar refractivity (Wildman–Crippen MR) is 105 cm³/mol. The van der Waals surface area contributed by atoms with Gasteiger partial charge in [0.05, 0.1) is 18.1 Å². The van der Waals surface area contributed by atoms with Crippen LogP contribution in [0, 0.1) is 24.2 Å². The maximum absolute atomic E-state index is 12.1. The minimum Gasteiger partial charge on any atom is -0.444 e. The first-order valence-electron chi connectivity index (χ1n) is 9.63. The summed E-state index contributed by atoms with van der Waals surface area (Å²) in [5.41, 5.74) is -0.668. The Balaban J connectivity index is 2.84. The van der Waals surface area contributed by atoms with Gasteiger partial charge in [-0.2, -0.15) is 0 Å². The van der Waals surface area contributed by atoms with Crippen molar-refractivity contribution in [3.63, 3.8) is 0 Å². The molecule has 8 nitrogen and oxygen atoms in total. The Hall–Kier alpha value is -2.27. The Morgan fingerprint density at radius 1 is 1.43 bits per heavy atom. The first-order valence-corrected chi connectivity index (χ1v) is 9.63. The van der Waals surface area contributed by atoms with Crippen LogP contribution in [0.1, 0.15) is 47.5 Å². The van der Waals surface area contributed by atoms with Crippen molar-refractivity contribution in [3.05, 3.63) is 0 Å². The van der Waals surface area contributed by atoms with Crippen molar-refractivity contribution < 1.29 is 24.2 Å². The van der Waals surface area contributed by atoms with Gasteiger partial charge in [-0.1, -0.05) is 13.8 Å². The van der Waals surface area contributed by atoms with E-state index in [1.165, 1.54) is 4.90 Å². The van der Waals surface area contributed by atoms with Gasteiger partial charge in [0.1, 0.15) is 5.60 Å². The lowest BCUT2D eigenvalue weighted by atomic mass is 9.98. The molecule has 0 aromatic heterocycles. The van der Waals surface area contributed by atoms with E-state index in [9.17, 15) is 19.5 Å². The van der Waals surface area contributed by atoms with Gasteiger partial charge in [0.15, 0.2) is 0 Å². The molecule has 1 heterocycles. The third-order valence-electron chi connectivity index (χ3n) is 4.31. The zero-order chi connectivity index (χ0) is 21.5. The number of ether oxygens (including phenoxy) is 1. The number of alkyl carbamates (subject to hydrolysis) is 1. The van der Waals surface area contributed by atoms with Crippen molar-refractivity contribution in [2.75, 3.05) is 19.6 Å². The van der Waals surface area contributed by atoms with Crippen molar-refractivity contribution in [1.29, 1.82) is 0 Å². The number of rotatable bonds is 8. The van der Waals surface area contributed by atoms with E-state index < -0.39 is 29.7 Å². The second-order valence-corrected chi connectivity index (χ2v) is 8.58. The summed E-state index contributed by atoms with van der Waals surface area (Å²) in [7, 11) is 0. The fraction of sp³-hybridized carbons (Fsp3) is 0.750. The largest absolute Gasteiger partial charge is 0.444 e. The Labute approximate surface area is 167 Å². The lowest BCUT2D eigenvalue weighted by Crippen LogP contribution is -2.51. The molecule has 0 radical (unpaired) electrons. The van der Waals surface area contributed by atoms with Crippen LogP contribution in [-0.4, -0.2) is 65.3 Å². The summed E-state index contributed by atoms with van der Waals surface area (Å²) in [6, 6.07) is -0.625. The summed E-state index contributed by atoms with van der Waals surface area (Å²) in [5.74, 6) is 1.15. The highest BCUT2D eigenvalue weighted by Crippen LogP contribution is 2.15. The molecule has 0 bridgehead atoms. The molecular formula is C20H33N3O5. The van der Waals surface area contributed by atoms with Gasteiger partial charge in [0.2, 0.25) is 5.91 Å². The van der Waals surface area contributed by atoms with E-state index in [2.05, 4.69) is 10.6 Å². The van der Waals surface area contributed by atoms with E-state index in [-0.39, 0.29) is 30.8 Å². The molecule has 1 aliphatic heterocycles. The van der Waals surface area contributed by atoms with E-state index in [0.29, 0.717) is 19.4 Å². The zero-order valence-corrected chi connectivity index (χ0v) is 17.4. The van der Waals surface area contributed by atoms with Gasteiger partial charge in [0, 0.05) is 19.6 Å². The summed E-state index contributed by atoms with van der Waals surface area (Å²) in [5, 5.41) is 16.1. The third-order valence-corrected chi connectivity index (χ3v) is 4.31. The summed E-state index contributed by atoms with van der Waals surface area (Å²) in [4.78, 5) is 37.4. The maximum Gasteiger partial charge on any atom is 0.407 e. The number of amides is 3. The minimum atomic E-state index is -1.06. The zero-order valence-electron chi connectivity index (χ0n) is 17.4. The molecule has 0 spiro atoms. The quantitative estimate of drug-likeness (QED) is 0.529. The highest BCUT2D eigenvalue weighted by molar-refractivity contribution is 5.93. The molecule has 158 valence electrons. The van der Waals surface area contributed by atoms with Gasteiger partial charge in [-0.05, 0) is 45.5 Å². The number of nitrogens with one attached hydrogen (secondary N) is 2. The van der Waals surface area contributed by atoms with Gasteiger partial charge in [-0.15, -0.1) is 6.42 Å². The van der Waals surface area contributed by atoms with Crippen LogP contribution in [0.25, 0.3) is 0 Å². The molecule has 0 aromatic carbocycles. The van der Waals surface area contributed by atoms with E-state index in [4.69, 9.17) is 11.2 Å². The molecule has 0 aliphatic carbocycles. The second-order valence-electron chi connectivity index (χ2n) is 8.58. The lowest BCUT2D eigenvalue weighted by Gasteiger charge is -2.31. The number of hydrogen-bond donors (Lipinski definition) is 3. The molecule has 0 aromatic rings. The number of hydrogen-bond acceptors (Lipinski definition) is 5. The first-order chi connectivity index (χ1) is 12.9. The Morgan fingerprint density at radius 2 is 2.07 bits per heavy atom. The highest BCUT2D eigenvalue weighted by Gasteiger charge is 2.31. The van der Waals surface area contributed by atoms with Crippen LogP contribution in [-0.2, 0) is 14.3 Å². The van der Waals surface area contributed by atoms with Crippen LogP contribution >= 0.6 is 0 Å². The second kappa shape index (κ2) is 10.3. The average molecular weight is 396 g/mol. The van der Waals surface area contributed by atoms with Gasteiger partial charge in [-0.3, -0.25) is 9.59 Å². The minimum absolute atomic E-state index is 0.0833. The fourth-order valence-corrected chi connectivity index (χ4v) is 3.05. The number of carbonyl (C=O) groups excluding carboxylic acids is 3. The van der Waals surface area contributed by atoms with Crippen LogP contribution in [0.3, 0.4) is 0 Å². The van der Waals surface area contributed by atoms with Crippen LogP contribution in [0.2, 0.25) is 0 Å². The van der Waals surface area contributed by atoms with Crippen LogP contribution < -0.4 is 10.6 Å². The molecule has 1 fully saturated rings. The molecule has 3 amide bonds. The van der Waals surface area contributed by atoms with E-state index >= 15 is 0 Å². The first kappa shape index (κ1) is 23.8. The summed E-state index contributed by atoms with van der Waals surface area (Å²) in [6.07, 6.45) is 4.65. The molecule has 8 heteroatoms. The van der Waals surface area contributed by atoms with E-state index in [1.807, 2.05) is 19.8 Å². The monoisotopic (exact) mass is 395 g/mol. The highest BCUT2D eigenvalue weighted by atomic mass is 16.6. The third kappa shape index (κ3) is 8.17. The fourth-order valence-electron chi connectivity index (χ4n) is 3.05. The molecule has 3 N–H and O–H groups in total. The van der Waals surface area contributed by atoms with E-state index in [1.54, 1.807) is 20.8 Å². The number of terminal acetylenes is 1. The van der Waals surface area contributed by atoms with Gasteiger partial charge >= 0.3 is 6.09 Å². The number of nitrogens with zero attached hydrogens (tertiary/aromatic N) is 1. The number of carbonyl (C=O) groups is 3. The maximum atomic E-state index is 12.1. The molecule has 1 saturated heterocycles. The standard InChI is InChI=1S/C20H33N3O5/c1-7-17(25)23(11-14-8-9-21-18(14)26)12-16(24)15(10-13(2)3)22-19(27)28-20(4,5)6/h1,13-16,24H,8-12H2,2-6H3,(H,21,26)(H,22,27)/t14-,15-,16?/m0/s1. The summed E-state index contributed by atoms with van der Waals surface area (Å²) >= 11 is 0. The number of aliphatic hydroxyl groups excluding tert-OH is 1. The molecule has 1 aliphatic rings.